The number of ether oxygens (including phenoxy) is 1. The minimum absolute atomic E-state index is 0. The Labute approximate surface area is 182 Å². The SMILES string of the molecule is CCNC(=NCc1c(F)cccc1OC(F)F)NCC(CC)(CC)CCO.I. The first-order chi connectivity index (χ1) is 12.9. The Morgan fingerprint density at radius 1 is 1.21 bits per heavy atom. The van der Waals surface area contributed by atoms with Crippen LogP contribution in [0.3, 0.4) is 0 Å². The van der Waals surface area contributed by atoms with Gasteiger partial charge in [-0.3, -0.25) is 0 Å². The highest BCUT2D eigenvalue weighted by molar-refractivity contribution is 14.0. The van der Waals surface area contributed by atoms with Crippen molar-refractivity contribution in [2.75, 3.05) is 19.7 Å². The second-order valence-electron chi connectivity index (χ2n) is 6.32. The number of nitrogens with zero attached hydrogens (tertiary/aromatic N) is 1. The van der Waals surface area contributed by atoms with Gasteiger partial charge in [0.1, 0.15) is 11.6 Å². The summed E-state index contributed by atoms with van der Waals surface area (Å²) in [4.78, 5) is 4.31. The minimum atomic E-state index is -3.03. The first-order valence-electron chi connectivity index (χ1n) is 9.26. The molecule has 0 aliphatic heterocycles. The van der Waals surface area contributed by atoms with Crippen LogP contribution in [0.4, 0.5) is 13.2 Å². The summed E-state index contributed by atoms with van der Waals surface area (Å²) in [5.41, 5.74) is -0.102. The van der Waals surface area contributed by atoms with Crippen molar-refractivity contribution in [2.45, 2.75) is 53.2 Å². The van der Waals surface area contributed by atoms with Crippen LogP contribution in [0.25, 0.3) is 0 Å². The fraction of sp³-hybridized carbons (Fsp3) is 0.632. The summed E-state index contributed by atoms with van der Waals surface area (Å²) in [6.07, 6.45) is 2.43. The number of aliphatic hydroxyl groups is 1. The van der Waals surface area contributed by atoms with Crippen molar-refractivity contribution in [2.24, 2.45) is 10.4 Å². The van der Waals surface area contributed by atoms with E-state index in [1.165, 1.54) is 18.2 Å². The van der Waals surface area contributed by atoms with Crippen molar-refractivity contribution in [3.8, 4) is 5.75 Å². The van der Waals surface area contributed by atoms with Crippen molar-refractivity contribution in [1.82, 2.24) is 10.6 Å². The Bertz CT molecular complexity index is 600. The number of aliphatic imine (C=N–C) groups is 1. The molecule has 0 aliphatic rings. The highest BCUT2D eigenvalue weighted by atomic mass is 127. The van der Waals surface area contributed by atoms with Crippen LogP contribution in [0.15, 0.2) is 23.2 Å². The van der Waals surface area contributed by atoms with Gasteiger partial charge in [-0.15, -0.1) is 24.0 Å². The molecule has 162 valence electrons. The third-order valence-corrected chi connectivity index (χ3v) is 4.80. The molecule has 1 aromatic rings. The summed E-state index contributed by atoms with van der Waals surface area (Å²) in [6.45, 7) is 4.13. The predicted octanol–water partition coefficient (Wildman–Crippen LogP) is 4.29. The second kappa shape index (κ2) is 13.9. The van der Waals surface area contributed by atoms with Crippen molar-refractivity contribution >= 4 is 29.9 Å². The number of benzene rings is 1. The number of aliphatic hydroxyl groups excluding tert-OH is 1. The number of rotatable bonds is 11. The topological polar surface area (TPSA) is 65.9 Å². The van der Waals surface area contributed by atoms with Crippen molar-refractivity contribution in [3.05, 3.63) is 29.6 Å². The van der Waals surface area contributed by atoms with E-state index in [0.29, 0.717) is 25.5 Å². The molecule has 1 rings (SSSR count). The van der Waals surface area contributed by atoms with Gasteiger partial charge in [-0.25, -0.2) is 9.38 Å². The quantitative estimate of drug-likeness (QED) is 0.233. The van der Waals surface area contributed by atoms with E-state index in [4.69, 9.17) is 0 Å². The largest absolute Gasteiger partial charge is 0.434 e. The zero-order valence-corrected chi connectivity index (χ0v) is 18.9. The molecule has 0 atom stereocenters. The number of hydrogen-bond donors (Lipinski definition) is 3. The highest BCUT2D eigenvalue weighted by Gasteiger charge is 2.25. The molecule has 1 aromatic carbocycles. The van der Waals surface area contributed by atoms with E-state index < -0.39 is 12.4 Å². The van der Waals surface area contributed by atoms with Gasteiger partial charge in [0.05, 0.1) is 12.1 Å². The normalized spacial score (nSPS) is 11.9. The van der Waals surface area contributed by atoms with Gasteiger partial charge in [0.25, 0.3) is 0 Å². The number of alkyl halides is 2. The van der Waals surface area contributed by atoms with E-state index in [1.807, 2.05) is 6.92 Å². The molecule has 0 fully saturated rings. The number of guanidine groups is 1. The zero-order chi connectivity index (χ0) is 20.3. The van der Waals surface area contributed by atoms with Gasteiger partial charge in [-0.1, -0.05) is 19.9 Å². The highest BCUT2D eigenvalue weighted by Crippen LogP contribution is 2.29. The first-order valence-corrected chi connectivity index (χ1v) is 9.26. The third kappa shape index (κ3) is 8.42. The molecule has 5 nitrogen and oxygen atoms in total. The molecule has 0 saturated heterocycles. The molecule has 0 heterocycles. The Hall–Kier alpha value is -1.23. The van der Waals surface area contributed by atoms with Crippen molar-refractivity contribution in [3.63, 3.8) is 0 Å². The average Bonchev–Trinajstić information content (AvgIpc) is 2.64. The van der Waals surface area contributed by atoms with Crippen LogP contribution in [0.5, 0.6) is 5.75 Å². The van der Waals surface area contributed by atoms with Gasteiger partial charge in [0.2, 0.25) is 0 Å². The summed E-state index contributed by atoms with van der Waals surface area (Å²) in [6, 6.07) is 3.79. The molecule has 28 heavy (non-hydrogen) atoms. The van der Waals surface area contributed by atoms with Crippen LogP contribution in [0.2, 0.25) is 0 Å². The molecule has 0 aromatic heterocycles. The standard InChI is InChI=1S/C19H30F3N3O2.HI/c1-4-19(5-2,10-11-26)13-25-18(23-6-3)24-12-14-15(20)8-7-9-16(14)27-17(21)22;/h7-9,17,26H,4-6,10-13H2,1-3H3,(H2,23,24,25);1H. The maximum atomic E-state index is 14.1. The predicted molar refractivity (Wildman–Crippen MR) is 116 cm³/mol. The smallest absolute Gasteiger partial charge is 0.387 e. The van der Waals surface area contributed by atoms with Crippen LogP contribution < -0.4 is 15.4 Å². The fourth-order valence-electron chi connectivity index (χ4n) is 2.85. The van der Waals surface area contributed by atoms with Crippen LogP contribution >= 0.6 is 24.0 Å². The van der Waals surface area contributed by atoms with E-state index in [0.717, 1.165) is 12.8 Å². The molecule has 0 saturated carbocycles. The molecule has 9 heteroatoms. The molecular formula is C19H31F3IN3O2. The number of nitrogens with one attached hydrogen (secondary N) is 2. The lowest BCUT2D eigenvalue weighted by Crippen LogP contribution is -2.43. The molecule has 0 amide bonds. The number of halogens is 4. The Balaban J connectivity index is 0.00000729. The van der Waals surface area contributed by atoms with Gasteiger partial charge in [-0.05, 0) is 43.7 Å². The molecule has 0 unspecified atom stereocenters. The monoisotopic (exact) mass is 517 g/mol. The van der Waals surface area contributed by atoms with Gasteiger partial charge in [0.15, 0.2) is 5.96 Å². The minimum Gasteiger partial charge on any atom is -0.434 e. The van der Waals surface area contributed by atoms with E-state index in [9.17, 15) is 18.3 Å². The van der Waals surface area contributed by atoms with Gasteiger partial charge < -0.3 is 20.5 Å². The second-order valence-corrected chi connectivity index (χ2v) is 6.32. The Morgan fingerprint density at radius 3 is 2.43 bits per heavy atom. The van der Waals surface area contributed by atoms with Crippen molar-refractivity contribution < 1.29 is 23.0 Å². The van der Waals surface area contributed by atoms with Crippen LogP contribution in [-0.2, 0) is 6.54 Å². The summed E-state index contributed by atoms with van der Waals surface area (Å²) in [5.74, 6) is -0.418. The maximum absolute atomic E-state index is 14.1. The van der Waals surface area contributed by atoms with E-state index in [1.54, 1.807) is 0 Å². The summed E-state index contributed by atoms with van der Waals surface area (Å²) >= 11 is 0. The molecular weight excluding hydrogens is 486 g/mol. The molecule has 0 aliphatic carbocycles. The van der Waals surface area contributed by atoms with Gasteiger partial charge >= 0.3 is 6.61 Å². The molecule has 0 radical (unpaired) electrons. The van der Waals surface area contributed by atoms with E-state index in [-0.39, 0.29) is 53.9 Å². The van der Waals surface area contributed by atoms with E-state index in [2.05, 4.69) is 34.2 Å². The Kier molecular flexibility index (Phi) is 13.3. The lowest BCUT2D eigenvalue weighted by molar-refractivity contribution is -0.0506. The summed E-state index contributed by atoms with van der Waals surface area (Å²) in [7, 11) is 0. The third-order valence-electron chi connectivity index (χ3n) is 4.80. The fourth-order valence-corrected chi connectivity index (χ4v) is 2.85. The average molecular weight is 517 g/mol. The first kappa shape index (κ1) is 26.8. The summed E-state index contributed by atoms with van der Waals surface area (Å²) in [5, 5.41) is 15.6. The van der Waals surface area contributed by atoms with Gasteiger partial charge in [0, 0.05) is 19.7 Å². The lowest BCUT2D eigenvalue weighted by atomic mass is 9.79. The molecule has 0 spiro atoms. The van der Waals surface area contributed by atoms with Crippen molar-refractivity contribution in [1.29, 1.82) is 0 Å². The maximum Gasteiger partial charge on any atom is 0.387 e. The summed E-state index contributed by atoms with van der Waals surface area (Å²) < 4.78 is 43.5. The van der Waals surface area contributed by atoms with E-state index >= 15 is 0 Å². The Morgan fingerprint density at radius 2 is 1.89 bits per heavy atom. The van der Waals surface area contributed by atoms with Crippen LogP contribution in [-0.4, -0.2) is 37.4 Å². The van der Waals surface area contributed by atoms with Gasteiger partial charge in [-0.2, -0.15) is 8.78 Å². The number of hydrogen-bond acceptors (Lipinski definition) is 3. The lowest BCUT2D eigenvalue weighted by Gasteiger charge is -2.32. The van der Waals surface area contributed by atoms with Crippen LogP contribution in [0.1, 0.15) is 45.6 Å². The zero-order valence-electron chi connectivity index (χ0n) is 16.6. The molecule has 0 bridgehead atoms. The molecule has 3 N–H and O–H groups in total. The van der Waals surface area contributed by atoms with Crippen LogP contribution in [0, 0.1) is 11.2 Å².